The molecular weight excluding hydrogens is 292 g/mol. The van der Waals surface area contributed by atoms with Crippen molar-refractivity contribution in [3.05, 3.63) is 29.3 Å². The quantitative estimate of drug-likeness (QED) is 0.704. The highest BCUT2D eigenvalue weighted by Gasteiger charge is 2.13. The van der Waals surface area contributed by atoms with Crippen LogP contribution in [0.1, 0.15) is 35.2 Å². The molecule has 0 fully saturated rings. The number of amides is 1. The fraction of sp³-hybridized carbons (Fsp3) is 0.500. The highest BCUT2D eigenvalue weighted by atomic mass is 32.2. The number of aryl methyl sites for hydroxylation is 1. The first-order chi connectivity index (χ1) is 9.86. The zero-order valence-electron chi connectivity index (χ0n) is 12.4. The van der Waals surface area contributed by atoms with Crippen LogP contribution in [0.25, 0.3) is 0 Å². The van der Waals surface area contributed by atoms with Crippen molar-refractivity contribution >= 4 is 15.9 Å². The molecule has 0 atom stereocenters. The van der Waals surface area contributed by atoms with E-state index in [1.165, 1.54) is 18.2 Å². The summed E-state index contributed by atoms with van der Waals surface area (Å²) in [5.41, 5.74) is 1.04. The standard InChI is InChI=1S/C14H22N2O4S/c1-11-10-12(21(15,18)19)6-7-13(11)14(17)16-8-4-3-5-9-20-2/h6-7,10H,3-5,8-9H2,1-2H3,(H,16,17)(H2,15,18,19). The van der Waals surface area contributed by atoms with Gasteiger partial charge in [0.25, 0.3) is 5.91 Å². The van der Waals surface area contributed by atoms with Gasteiger partial charge in [-0.3, -0.25) is 4.79 Å². The number of carbonyl (C=O) groups excluding carboxylic acids is 1. The molecule has 0 aliphatic heterocycles. The Labute approximate surface area is 125 Å². The Bertz CT molecular complexity index is 585. The molecule has 0 saturated carbocycles. The number of methoxy groups -OCH3 is 1. The van der Waals surface area contributed by atoms with Crippen molar-refractivity contribution in [1.82, 2.24) is 5.32 Å². The van der Waals surface area contributed by atoms with Gasteiger partial charge in [-0.05, 0) is 49.9 Å². The predicted molar refractivity (Wildman–Crippen MR) is 80.6 cm³/mol. The van der Waals surface area contributed by atoms with Crippen LogP contribution in [0.15, 0.2) is 23.1 Å². The molecule has 0 aliphatic rings. The van der Waals surface area contributed by atoms with Crippen molar-refractivity contribution in [3.8, 4) is 0 Å². The number of hydrogen-bond donors (Lipinski definition) is 2. The van der Waals surface area contributed by atoms with Gasteiger partial charge >= 0.3 is 0 Å². The summed E-state index contributed by atoms with van der Waals surface area (Å²) in [7, 11) is -2.08. The Balaban J connectivity index is 2.55. The van der Waals surface area contributed by atoms with Crippen molar-refractivity contribution in [2.45, 2.75) is 31.1 Å². The summed E-state index contributed by atoms with van der Waals surface area (Å²) in [6.07, 6.45) is 2.83. The molecule has 0 radical (unpaired) electrons. The number of rotatable bonds is 8. The third-order valence-electron chi connectivity index (χ3n) is 3.08. The molecule has 7 heteroatoms. The third kappa shape index (κ3) is 5.82. The molecule has 1 aromatic rings. The SMILES string of the molecule is COCCCCCNC(=O)c1ccc(S(N)(=O)=O)cc1C. The van der Waals surface area contributed by atoms with Crippen LogP contribution in [0.2, 0.25) is 0 Å². The second kappa shape index (κ2) is 8.11. The van der Waals surface area contributed by atoms with Gasteiger partial charge in [0, 0.05) is 25.8 Å². The van der Waals surface area contributed by atoms with Gasteiger partial charge in [0.1, 0.15) is 0 Å². The second-order valence-corrected chi connectivity index (χ2v) is 6.39. The first kappa shape index (κ1) is 17.6. The van der Waals surface area contributed by atoms with Crippen LogP contribution >= 0.6 is 0 Å². The maximum absolute atomic E-state index is 12.0. The van der Waals surface area contributed by atoms with E-state index in [0.29, 0.717) is 17.7 Å². The van der Waals surface area contributed by atoms with Crippen LogP contribution in [0.5, 0.6) is 0 Å². The Morgan fingerprint density at radius 3 is 2.57 bits per heavy atom. The fourth-order valence-corrected chi connectivity index (χ4v) is 2.51. The molecule has 0 bridgehead atoms. The van der Waals surface area contributed by atoms with Crippen LogP contribution in [-0.4, -0.2) is 34.6 Å². The Morgan fingerprint density at radius 2 is 2.00 bits per heavy atom. The van der Waals surface area contributed by atoms with Crippen molar-refractivity contribution in [2.24, 2.45) is 5.14 Å². The van der Waals surface area contributed by atoms with E-state index in [1.807, 2.05) is 0 Å². The van der Waals surface area contributed by atoms with Crippen molar-refractivity contribution < 1.29 is 17.9 Å². The molecule has 3 N–H and O–H groups in total. The summed E-state index contributed by atoms with van der Waals surface area (Å²) in [5.74, 6) is -0.208. The number of hydrogen-bond acceptors (Lipinski definition) is 4. The number of ether oxygens (including phenoxy) is 1. The van der Waals surface area contributed by atoms with Crippen molar-refractivity contribution in [3.63, 3.8) is 0 Å². The molecule has 0 heterocycles. The fourth-order valence-electron chi connectivity index (χ4n) is 1.91. The van der Waals surface area contributed by atoms with Gasteiger partial charge in [0.2, 0.25) is 10.0 Å². The van der Waals surface area contributed by atoms with Crippen molar-refractivity contribution in [1.29, 1.82) is 0 Å². The first-order valence-electron chi connectivity index (χ1n) is 6.77. The monoisotopic (exact) mass is 314 g/mol. The molecule has 6 nitrogen and oxygen atoms in total. The van der Waals surface area contributed by atoms with E-state index in [9.17, 15) is 13.2 Å². The smallest absolute Gasteiger partial charge is 0.251 e. The molecule has 118 valence electrons. The molecule has 21 heavy (non-hydrogen) atoms. The van der Waals surface area contributed by atoms with E-state index in [4.69, 9.17) is 9.88 Å². The number of sulfonamides is 1. The lowest BCUT2D eigenvalue weighted by atomic mass is 10.1. The highest BCUT2D eigenvalue weighted by molar-refractivity contribution is 7.89. The summed E-state index contributed by atoms with van der Waals surface area (Å²) in [6.45, 7) is 2.99. The van der Waals surface area contributed by atoms with Crippen molar-refractivity contribution in [2.75, 3.05) is 20.3 Å². The molecule has 0 aliphatic carbocycles. The number of unbranched alkanes of at least 4 members (excludes halogenated alkanes) is 2. The van der Waals surface area contributed by atoms with Crippen LogP contribution in [0.4, 0.5) is 0 Å². The number of primary sulfonamides is 1. The normalized spacial score (nSPS) is 11.4. The average Bonchev–Trinajstić information content (AvgIpc) is 2.41. The molecular formula is C14H22N2O4S. The predicted octanol–water partition coefficient (Wildman–Crippen LogP) is 1.19. The van der Waals surface area contributed by atoms with Crippen LogP contribution in [-0.2, 0) is 14.8 Å². The van der Waals surface area contributed by atoms with E-state index in [-0.39, 0.29) is 10.8 Å². The van der Waals surface area contributed by atoms with Gasteiger partial charge in [0.05, 0.1) is 4.90 Å². The number of nitrogens with one attached hydrogen (secondary N) is 1. The third-order valence-corrected chi connectivity index (χ3v) is 3.99. The minimum atomic E-state index is -3.74. The Morgan fingerprint density at radius 1 is 1.29 bits per heavy atom. The first-order valence-corrected chi connectivity index (χ1v) is 8.31. The summed E-state index contributed by atoms with van der Waals surface area (Å²) in [4.78, 5) is 12.0. The second-order valence-electron chi connectivity index (χ2n) is 4.83. The zero-order chi connectivity index (χ0) is 15.9. The molecule has 0 saturated heterocycles. The molecule has 0 aromatic heterocycles. The van der Waals surface area contributed by atoms with E-state index >= 15 is 0 Å². The van der Waals surface area contributed by atoms with Gasteiger partial charge in [-0.1, -0.05) is 0 Å². The van der Waals surface area contributed by atoms with Gasteiger partial charge < -0.3 is 10.1 Å². The van der Waals surface area contributed by atoms with E-state index in [1.54, 1.807) is 14.0 Å². The van der Waals surface area contributed by atoms with E-state index in [2.05, 4.69) is 5.32 Å². The van der Waals surface area contributed by atoms with Crippen LogP contribution in [0, 0.1) is 6.92 Å². The Hall–Kier alpha value is -1.44. The van der Waals surface area contributed by atoms with Crippen LogP contribution < -0.4 is 10.5 Å². The molecule has 1 aromatic carbocycles. The number of nitrogens with two attached hydrogens (primary N) is 1. The lowest BCUT2D eigenvalue weighted by Crippen LogP contribution is -2.25. The maximum atomic E-state index is 12.0. The highest BCUT2D eigenvalue weighted by Crippen LogP contribution is 2.14. The van der Waals surface area contributed by atoms with E-state index in [0.717, 1.165) is 25.9 Å². The lowest BCUT2D eigenvalue weighted by molar-refractivity contribution is 0.0952. The topological polar surface area (TPSA) is 98.5 Å². The molecule has 0 spiro atoms. The number of carbonyl (C=O) groups is 1. The van der Waals surface area contributed by atoms with Gasteiger partial charge in [-0.2, -0.15) is 0 Å². The summed E-state index contributed by atoms with van der Waals surface area (Å²) >= 11 is 0. The Kier molecular flexibility index (Phi) is 6.80. The molecule has 1 rings (SSSR count). The maximum Gasteiger partial charge on any atom is 0.251 e. The van der Waals surface area contributed by atoms with Gasteiger partial charge in [0.15, 0.2) is 0 Å². The van der Waals surface area contributed by atoms with Gasteiger partial charge in [-0.15, -0.1) is 0 Å². The van der Waals surface area contributed by atoms with E-state index < -0.39 is 10.0 Å². The largest absolute Gasteiger partial charge is 0.385 e. The molecule has 0 unspecified atom stereocenters. The minimum absolute atomic E-state index is 0.0103. The number of benzene rings is 1. The summed E-state index contributed by atoms with van der Waals surface area (Å²) in [6, 6.07) is 4.23. The minimum Gasteiger partial charge on any atom is -0.385 e. The average molecular weight is 314 g/mol. The molecule has 1 amide bonds. The summed E-state index contributed by atoms with van der Waals surface area (Å²) in [5, 5.41) is 7.87. The van der Waals surface area contributed by atoms with Crippen LogP contribution in [0.3, 0.4) is 0 Å². The lowest BCUT2D eigenvalue weighted by Gasteiger charge is -2.09. The zero-order valence-corrected chi connectivity index (χ0v) is 13.2. The van der Waals surface area contributed by atoms with Gasteiger partial charge in [-0.25, -0.2) is 13.6 Å². The summed E-state index contributed by atoms with van der Waals surface area (Å²) < 4.78 is 27.4.